The molecule has 1 fully saturated rings. The lowest BCUT2D eigenvalue weighted by molar-refractivity contribution is -0.146. The average molecular weight is 198 g/mol. The quantitative estimate of drug-likeness (QED) is 0.651. The molecule has 3 heteroatoms. The van der Waals surface area contributed by atoms with E-state index in [2.05, 4.69) is 0 Å². The molecule has 2 atom stereocenters. The van der Waals surface area contributed by atoms with Crippen LogP contribution in [0.2, 0.25) is 0 Å². The smallest absolute Gasteiger partial charge is 0.306 e. The molecule has 0 radical (unpaired) electrons. The molecular weight excluding hydrogens is 180 g/mol. The first kappa shape index (κ1) is 11.2. The molecule has 0 unspecified atom stereocenters. The van der Waals surface area contributed by atoms with Crippen LogP contribution in [-0.4, -0.2) is 18.4 Å². The van der Waals surface area contributed by atoms with E-state index in [1.807, 2.05) is 13.8 Å². The first-order valence-electron chi connectivity index (χ1n) is 5.18. The zero-order valence-electron chi connectivity index (χ0n) is 9.13. The molecule has 1 rings (SSSR count). The highest BCUT2D eigenvalue weighted by molar-refractivity contribution is 5.85. The van der Waals surface area contributed by atoms with Crippen LogP contribution in [0.3, 0.4) is 0 Å². The van der Waals surface area contributed by atoms with E-state index in [9.17, 15) is 9.59 Å². The van der Waals surface area contributed by atoms with Gasteiger partial charge in [-0.3, -0.25) is 9.59 Å². The Morgan fingerprint density at radius 2 is 2.29 bits per heavy atom. The SMILES string of the molecule is CCOC(=O)C[C@@]1(C)CCC(=O)[C@H]1C. The first-order valence-corrected chi connectivity index (χ1v) is 5.18. The van der Waals surface area contributed by atoms with Gasteiger partial charge >= 0.3 is 5.97 Å². The van der Waals surface area contributed by atoms with Gasteiger partial charge in [-0.05, 0) is 18.8 Å². The summed E-state index contributed by atoms with van der Waals surface area (Å²) in [4.78, 5) is 22.7. The molecule has 0 spiro atoms. The van der Waals surface area contributed by atoms with Gasteiger partial charge in [0.05, 0.1) is 13.0 Å². The monoisotopic (exact) mass is 198 g/mol. The number of carbonyl (C=O) groups is 2. The maximum absolute atomic E-state index is 11.4. The van der Waals surface area contributed by atoms with E-state index < -0.39 is 0 Å². The Hall–Kier alpha value is -0.860. The van der Waals surface area contributed by atoms with Crippen LogP contribution in [0.25, 0.3) is 0 Å². The molecule has 0 amide bonds. The molecule has 0 saturated heterocycles. The van der Waals surface area contributed by atoms with Crippen LogP contribution in [0.4, 0.5) is 0 Å². The number of rotatable bonds is 3. The summed E-state index contributed by atoms with van der Waals surface area (Å²) >= 11 is 0. The zero-order valence-corrected chi connectivity index (χ0v) is 9.13. The summed E-state index contributed by atoms with van der Waals surface area (Å²) in [7, 11) is 0. The molecule has 1 aliphatic rings. The number of hydrogen-bond donors (Lipinski definition) is 0. The highest BCUT2D eigenvalue weighted by Crippen LogP contribution is 2.43. The molecule has 1 saturated carbocycles. The topological polar surface area (TPSA) is 43.4 Å². The second-order valence-electron chi connectivity index (χ2n) is 4.32. The third kappa shape index (κ3) is 2.14. The predicted molar refractivity (Wildman–Crippen MR) is 52.8 cm³/mol. The molecule has 0 bridgehead atoms. The molecule has 14 heavy (non-hydrogen) atoms. The van der Waals surface area contributed by atoms with Gasteiger partial charge in [0.2, 0.25) is 0 Å². The molecule has 0 heterocycles. The minimum Gasteiger partial charge on any atom is -0.466 e. The Balaban J connectivity index is 2.58. The van der Waals surface area contributed by atoms with Gasteiger partial charge in [0, 0.05) is 12.3 Å². The summed E-state index contributed by atoms with van der Waals surface area (Å²) < 4.78 is 4.90. The molecule has 1 aliphatic carbocycles. The first-order chi connectivity index (χ1) is 6.49. The molecule has 0 aromatic rings. The van der Waals surface area contributed by atoms with Crippen LogP contribution < -0.4 is 0 Å². The number of carbonyl (C=O) groups excluding carboxylic acids is 2. The fourth-order valence-corrected chi connectivity index (χ4v) is 2.01. The van der Waals surface area contributed by atoms with Gasteiger partial charge in [-0.25, -0.2) is 0 Å². The average Bonchev–Trinajstić information content (AvgIpc) is 2.34. The fourth-order valence-electron chi connectivity index (χ4n) is 2.01. The molecule has 80 valence electrons. The maximum Gasteiger partial charge on any atom is 0.306 e. The minimum absolute atomic E-state index is 0.00749. The van der Waals surface area contributed by atoms with Crippen molar-refractivity contribution in [3.63, 3.8) is 0 Å². The zero-order chi connectivity index (χ0) is 10.8. The Kier molecular flexibility index (Phi) is 3.29. The highest BCUT2D eigenvalue weighted by atomic mass is 16.5. The van der Waals surface area contributed by atoms with Gasteiger partial charge < -0.3 is 4.74 Å². The van der Waals surface area contributed by atoms with Gasteiger partial charge in [0.1, 0.15) is 5.78 Å². The van der Waals surface area contributed by atoms with Crippen LogP contribution in [0.15, 0.2) is 0 Å². The lowest BCUT2D eigenvalue weighted by Crippen LogP contribution is -2.27. The second kappa shape index (κ2) is 4.11. The lowest BCUT2D eigenvalue weighted by Gasteiger charge is -2.26. The van der Waals surface area contributed by atoms with Crippen molar-refractivity contribution in [1.29, 1.82) is 0 Å². The number of Topliss-reactive ketones (excluding diaryl/α,β-unsaturated/α-hetero) is 1. The van der Waals surface area contributed by atoms with Crippen molar-refractivity contribution in [1.82, 2.24) is 0 Å². The Morgan fingerprint density at radius 3 is 2.71 bits per heavy atom. The number of ether oxygens (including phenoxy) is 1. The van der Waals surface area contributed by atoms with Gasteiger partial charge in [-0.15, -0.1) is 0 Å². The normalized spacial score (nSPS) is 31.9. The van der Waals surface area contributed by atoms with E-state index >= 15 is 0 Å². The van der Waals surface area contributed by atoms with E-state index in [1.165, 1.54) is 0 Å². The molecule has 0 aromatic carbocycles. The van der Waals surface area contributed by atoms with E-state index in [4.69, 9.17) is 4.74 Å². The Morgan fingerprint density at radius 1 is 1.64 bits per heavy atom. The number of ketones is 1. The Labute approximate surface area is 84.8 Å². The van der Waals surface area contributed by atoms with Crippen LogP contribution in [0, 0.1) is 11.3 Å². The standard InChI is InChI=1S/C11H18O3/c1-4-14-10(13)7-11(3)6-5-9(12)8(11)2/h8H,4-7H2,1-3H3/t8-,11-/m1/s1. The second-order valence-corrected chi connectivity index (χ2v) is 4.32. The van der Waals surface area contributed by atoms with Crippen molar-refractivity contribution in [3.05, 3.63) is 0 Å². The summed E-state index contributed by atoms with van der Waals surface area (Å²) in [5.74, 6) is 0.0836. The van der Waals surface area contributed by atoms with Crippen molar-refractivity contribution in [2.45, 2.75) is 40.0 Å². The lowest BCUT2D eigenvalue weighted by atomic mass is 9.78. The van der Waals surface area contributed by atoms with Crippen molar-refractivity contribution >= 4 is 11.8 Å². The largest absolute Gasteiger partial charge is 0.466 e. The third-order valence-corrected chi connectivity index (χ3v) is 3.32. The summed E-state index contributed by atoms with van der Waals surface area (Å²) in [5.41, 5.74) is -0.177. The van der Waals surface area contributed by atoms with E-state index in [0.717, 1.165) is 6.42 Å². The van der Waals surface area contributed by atoms with Gasteiger partial charge in [-0.1, -0.05) is 13.8 Å². The molecule has 0 N–H and O–H groups in total. The van der Waals surface area contributed by atoms with Crippen molar-refractivity contribution < 1.29 is 14.3 Å². The third-order valence-electron chi connectivity index (χ3n) is 3.32. The molecule has 3 nitrogen and oxygen atoms in total. The summed E-state index contributed by atoms with van der Waals surface area (Å²) in [5, 5.41) is 0. The van der Waals surface area contributed by atoms with Gasteiger partial charge in [-0.2, -0.15) is 0 Å². The summed E-state index contributed by atoms with van der Waals surface area (Å²) in [6.45, 7) is 6.12. The van der Waals surface area contributed by atoms with Gasteiger partial charge in [0.15, 0.2) is 0 Å². The highest BCUT2D eigenvalue weighted by Gasteiger charge is 2.43. The van der Waals surface area contributed by atoms with Crippen LogP contribution in [0.5, 0.6) is 0 Å². The van der Waals surface area contributed by atoms with Crippen LogP contribution in [-0.2, 0) is 14.3 Å². The van der Waals surface area contributed by atoms with Crippen LogP contribution >= 0.6 is 0 Å². The molecule has 0 aromatic heterocycles. The van der Waals surface area contributed by atoms with Crippen molar-refractivity contribution in [2.75, 3.05) is 6.61 Å². The number of hydrogen-bond acceptors (Lipinski definition) is 3. The molecule has 0 aliphatic heterocycles. The van der Waals surface area contributed by atoms with E-state index in [0.29, 0.717) is 19.4 Å². The minimum atomic E-state index is -0.184. The fraction of sp³-hybridized carbons (Fsp3) is 0.818. The Bertz CT molecular complexity index is 247. The summed E-state index contributed by atoms with van der Waals surface area (Å²) in [6, 6.07) is 0. The van der Waals surface area contributed by atoms with Crippen molar-refractivity contribution in [3.8, 4) is 0 Å². The van der Waals surface area contributed by atoms with E-state index in [-0.39, 0.29) is 23.1 Å². The van der Waals surface area contributed by atoms with Crippen molar-refractivity contribution in [2.24, 2.45) is 11.3 Å². The number of esters is 1. The summed E-state index contributed by atoms with van der Waals surface area (Å²) in [6.07, 6.45) is 1.79. The molecular formula is C11H18O3. The predicted octanol–water partition coefficient (Wildman–Crippen LogP) is 1.94. The van der Waals surface area contributed by atoms with Crippen LogP contribution in [0.1, 0.15) is 40.0 Å². The maximum atomic E-state index is 11.4. The van der Waals surface area contributed by atoms with Gasteiger partial charge in [0.25, 0.3) is 0 Å². The van der Waals surface area contributed by atoms with E-state index in [1.54, 1.807) is 6.92 Å².